The molecule has 4 saturated carbocycles. The summed E-state index contributed by atoms with van der Waals surface area (Å²) in [5.74, 6) is 1.21. The summed E-state index contributed by atoms with van der Waals surface area (Å²) < 4.78 is 2.37. The smallest absolute Gasteiger partial charge is 0.139 e. The predicted molar refractivity (Wildman–Crippen MR) is 90.6 cm³/mol. The van der Waals surface area contributed by atoms with Gasteiger partial charge in [0.25, 0.3) is 0 Å². The van der Waals surface area contributed by atoms with Crippen LogP contribution in [0.15, 0.2) is 24.8 Å². The lowest BCUT2D eigenvalue weighted by Gasteiger charge is -2.71. The van der Waals surface area contributed by atoms with E-state index in [-0.39, 0.29) is 5.54 Å². The number of H-pyrrole nitrogens is 1. The molecule has 3 heterocycles. The molecule has 0 aliphatic heterocycles. The standard InChI is InChI=1S/C19H20N4O/c24-13(5-12-1-2-12)6-18-8-19(9-18,10-18)23-11-22-15-7-21-17-14(16(15)23)3-4-20-17/h3-4,7,11-12H,1-2,5-6,8-10H2,(H,20,21). The number of carbonyl (C=O) groups is 1. The van der Waals surface area contributed by atoms with Gasteiger partial charge in [-0.2, -0.15) is 0 Å². The Balaban J connectivity index is 1.30. The number of hydrogen-bond acceptors (Lipinski definition) is 3. The second kappa shape index (κ2) is 4.08. The Morgan fingerprint density at radius 3 is 2.92 bits per heavy atom. The summed E-state index contributed by atoms with van der Waals surface area (Å²) >= 11 is 0. The fraction of sp³-hybridized carbons (Fsp3) is 0.526. The van der Waals surface area contributed by atoms with Crippen molar-refractivity contribution in [3.05, 3.63) is 24.8 Å². The molecule has 5 nitrogen and oxygen atoms in total. The Bertz CT molecular complexity index is 974. The highest BCUT2D eigenvalue weighted by molar-refractivity contribution is 6.01. The number of nitrogens with zero attached hydrogens (tertiary/aromatic N) is 3. The van der Waals surface area contributed by atoms with Crippen molar-refractivity contribution >= 4 is 27.9 Å². The maximum atomic E-state index is 12.2. The van der Waals surface area contributed by atoms with Crippen molar-refractivity contribution in [3.63, 3.8) is 0 Å². The van der Waals surface area contributed by atoms with Crippen LogP contribution in [-0.4, -0.2) is 25.3 Å². The SMILES string of the molecule is O=C(CC1CC1)CC12CC(n3cnc4cnc5[nH]ccc5c43)(C1)C2. The van der Waals surface area contributed by atoms with Gasteiger partial charge >= 0.3 is 0 Å². The molecular weight excluding hydrogens is 300 g/mol. The Hall–Kier alpha value is -2.17. The Morgan fingerprint density at radius 1 is 1.29 bits per heavy atom. The Morgan fingerprint density at radius 2 is 2.12 bits per heavy atom. The number of hydrogen-bond donors (Lipinski definition) is 1. The summed E-state index contributed by atoms with van der Waals surface area (Å²) in [6.45, 7) is 0. The third-order valence-electron chi connectivity index (χ3n) is 6.50. The molecule has 0 saturated heterocycles. The summed E-state index contributed by atoms with van der Waals surface area (Å²) in [6, 6.07) is 2.09. The number of aromatic amines is 1. The van der Waals surface area contributed by atoms with Gasteiger partial charge in [-0.1, -0.05) is 0 Å². The highest BCUT2D eigenvalue weighted by atomic mass is 16.1. The van der Waals surface area contributed by atoms with Gasteiger partial charge in [0.05, 0.1) is 18.0 Å². The molecule has 1 N–H and O–H groups in total. The third kappa shape index (κ3) is 1.62. The van der Waals surface area contributed by atoms with Gasteiger partial charge in [-0.15, -0.1) is 0 Å². The fourth-order valence-corrected chi connectivity index (χ4v) is 5.38. The predicted octanol–water partition coefficient (Wildman–Crippen LogP) is 3.55. The van der Waals surface area contributed by atoms with Crippen LogP contribution in [-0.2, 0) is 10.3 Å². The molecular formula is C19H20N4O. The molecule has 4 aliphatic rings. The van der Waals surface area contributed by atoms with Crippen molar-refractivity contribution in [2.75, 3.05) is 0 Å². The van der Waals surface area contributed by atoms with Crippen LogP contribution in [0.4, 0.5) is 0 Å². The minimum Gasteiger partial charge on any atom is -0.346 e. The normalized spacial score (nSPS) is 31.2. The van der Waals surface area contributed by atoms with E-state index < -0.39 is 0 Å². The molecule has 0 spiro atoms. The highest BCUT2D eigenvalue weighted by Crippen LogP contribution is 2.73. The van der Waals surface area contributed by atoms with Gasteiger partial charge in [0.2, 0.25) is 0 Å². The van der Waals surface area contributed by atoms with Crippen LogP contribution < -0.4 is 0 Å². The quantitative estimate of drug-likeness (QED) is 0.782. The number of fused-ring (bicyclic) bond motifs is 3. The summed E-state index contributed by atoms with van der Waals surface area (Å²) in [7, 11) is 0. The molecule has 24 heavy (non-hydrogen) atoms. The van der Waals surface area contributed by atoms with Crippen LogP contribution in [0.3, 0.4) is 0 Å². The van der Waals surface area contributed by atoms with Gasteiger partial charge in [-0.3, -0.25) is 4.79 Å². The zero-order valence-electron chi connectivity index (χ0n) is 13.6. The van der Waals surface area contributed by atoms with Gasteiger partial charge < -0.3 is 9.55 Å². The number of rotatable bonds is 5. The first kappa shape index (κ1) is 13.2. The molecule has 4 aliphatic carbocycles. The van der Waals surface area contributed by atoms with Gasteiger partial charge in [0, 0.05) is 30.0 Å². The molecule has 0 amide bonds. The van der Waals surface area contributed by atoms with Crippen LogP contribution in [0, 0.1) is 11.3 Å². The molecule has 4 fully saturated rings. The van der Waals surface area contributed by atoms with Crippen LogP contribution >= 0.6 is 0 Å². The fourth-order valence-electron chi connectivity index (χ4n) is 5.38. The van der Waals surface area contributed by atoms with Crippen molar-refractivity contribution in [2.45, 2.75) is 50.5 Å². The zero-order chi connectivity index (χ0) is 15.9. The van der Waals surface area contributed by atoms with Crippen molar-refractivity contribution in [2.24, 2.45) is 11.3 Å². The van der Waals surface area contributed by atoms with E-state index in [0.29, 0.717) is 17.1 Å². The van der Waals surface area contributed by atoms with Crippen molar-refractivity contribution < 1.29 is 4.79 Å². The Labute approximate surface area is 139 Å². The van der Waals surface area contributed by atoms with Crippen LogP contribution in [0.25, 0.3) is 22.1 Å². The van der Waals surface area contributed by atoms with Gasteiger partial charge in [0.15, 0.2) is 0 Å². The summed E-state index contributed by atoms with van der Waals surface area (Å²) in [5.41, 5.74) is 3.57. The lowest BCUT2D eigenvalue weighted by molar-refractivity contribution is -0.190. The highest BCUT2D eigenvalue weighted by Gasteiger charge is 2.69. The molecule has 0 aromatic carbocycles. The van der Waals surface area contributed by atoms with E-state index in [9.17, 15) is 4.79 Å². The van der Waals surface area contributed by atoms with Gasteiger partial charge in [-0.25, -0.2) is 9.97 Å². The Kier molecular flexibility index (Phi) is 2.23. The first-order chi connectivity index (χ1) is 11.7. The monoisotopic (exact) mass is 320 g/mol. The zero-order valence-corrected chi connectivity index (χ0v) is 13.6. The van der Waals surface area contributed by atoms with E-state index in [1.54, 1.807) is 0 Å². The number of ketones is 1. The number of carbonyl (C=O) groups excluding carboxylic acids is 1. The molecule has 7 rings (SSSR count). The van der Waals surface area contributed by atoms with Crippen molar-refractivity contribution in [1.29, 1.82) is 0 Å². The molecule has 122 valence electrons. The average Bonchev–Trinajstić information content (AvgIpc) is 3.01. The molecule has 3 aromatic heterocycles. The van der Waals surface area contributed by atoms with E-state index in [1.165, 1.54) is 18.4 Å². The lowest BCUT2D eigenvalue weighted by Crippen LogP contribution is -2.67. The van der Waals surface area contributed by atoms with E-state index in [4.69, 9.17) is 0 Å². The van der Waals surface area contributed by atoms with Crippen LogP contribution in [0.2, 0.25) is 0 Å². The summed E-state index contributed by atoms with van der Waals surface area (Å²) in [5, 5.41) is 1.15. The van der Waals surface area contributed by atoms with E-state index >= 15 is 0 Å². The molecule has 0 unspecified atom stereocenters. The van der Waals surface area contributed by atoms with Crippen molar-refractivity contribution in [3.8, 4) is 0 Å². The average molecular weight is 320 g/mol. The summed E-state index contributed by atoms with van der Waals surface area (Å²) in [6.07, 6.45) is 13.3. The first-order valence-electron chi connectivity index (χ1n) is 8.98. The topological polar surface area (TPSA) is 63.6 Å². The van der Waals surface area contributed by atoms with E-state index in [1.807, 2.05) is 18.7 Å². The van der Waals surface area contributed by atoms with Gasteiger partial charge in [-0.05, 0) is 49.5 Å². The molecule has 0 atom stereocenters. The lowest BCUT2D eigenvalue weighted by atomic mass is 9.38. The minimum atomic E-state index is 0.195. The van der Waals surface area contributed by atoms with E-state index in [2.05, 4.69) is 25.6 Å². The number of imidazole rings is 1. The second-order valence-corrected chi connectivity index (χ2v) is 8.46. The summed E-state index contributed by atoms with van der Waals surface area (Å²) in [4.78, 5) is 24.4. The largest absolute Gasteiger partial charge is 0.346 e. The second-order valence-electron chi connectivity index (χ2n) is 8.46. The first-order valence-corrected chi connectivity index (χ1v) is 8.98. The van der Waals surface area contributed by atoms with Crippen LogP contribution in [0.5, 0.6) is 0 Å². The maximum absolute atomic E-state index is 12.2. The van der Waals surface area contributed by atoms with Gasteiger partial charge in [0.1, 0.15) is 16.9 Å². The maximum Gasteiger partial charge on any atom is 0.139 e. The molecule has 5 heteroatoms. The number of nitrogens with one attached hydrogen (secondary N) is 1. The number of Topliss-reactive ketones (excluding diaryl/α,β-unsaturated/α-hetero) is 1. The van der Waals surface area contributed by atoms with Crippen LogP contribution in [0.1, 0.15) is 44.9 Å². The molecule has 0 radical (unpaired) electrons. The molecule has 3 aromatic rings. The number of aromatic nitrogens is 4. The minimum absolute atomic E-state index is 0.195. The van der Waals surface area contributed by atoms with E-state index in [0.717, 1.165) is 48.7 Å². The van der Waals surface area contributed by atoms with Crippen molar-refractivity contribution in [1.82, 2.24) is 19.5 Å². The molecule has 2 bridgehead atoms. The third-order valence-corrected chi connectivity index (χ3v) is 6.50. The number of pyridine rings is 1.